The lowest BCUT2D eigenvalue weighted by Crippen LogP contribution is -2.33. The molecule has 1 aliphatic heterocycles. The summed E-state index contributed by atoms with van der Waals surface area (Å²) in [7, 11) is 0. The summed E-state index contributed by atoms with van der Waals surface area (Å²) in [5.74, 6) is 0.750. The van der Waals surface area contributed by atoms with Gasteiger partial charge in [0.05, 0.1) is 23.5 Å². The van der Waals surface area contributed by atoms with Gasteiger partial charge in [-0.3, -0.25) is 0 Å². The Hall–Kier alpha value is -2.38. The average molecular weight is 361 g/mol. The fourth-order valence-electron chi connectivity index (χ4n) is 4.27. The molecule has 0 atom stereocenters. The molecule has 4 rings (SSSR count). The Morgan fingerprint density at radius 3 is 2.56 bits per heavy atom. The lowest BCUT2D eigenvalue weighted by molar-refractivity contribution is -0.0400. The normalized spacial score (nSPS) is 19.1. The van der Waals surface area contributed by atoms with Crippen LogP contribution in [0.2, 0.25) is 0 Å². The summed E-state index contributed by atoms with van der Waals surface area (Å²) in [5.41, 5.74) is 4.61. The van der Waals surface area contributed by atoms with Gasteiger partial charge >= 0.3 is 0 Å². The van der Waals surface area contributed by atoms with E-state index in [1.54, 1.807) is 0 Å². The third-order valence-electron chi connectivity index (χ3n) is 5.73. The van der Waals surface area contributed by atoms with Crippen LogP contribution in [0.3, 0.4) is 0 Å². The number of nitriles is 1. The number of nitrogens with zero attached hydrogens (tertiary/aromatic N) is 2. The molecule has 1 saturated carbocycles. The number of ether oxygens (including phenoxy) is 1. The molecule has 27 heavy (non-hydrogen) atoms. The number of aromatic nitrogens is 1. The Bertz CT molecular complexity index is 861. The highest BCUT2D eigenvalue weighted by molar-refractivity contribution is 5.72. The van der Waals surface area contributed by atoms with Crippen LogP contribution in [0.15, 0.2) is 30.3 Å². The van der Waals surface area contributed by atoms with Gasteiger partial charge in [-0.05, 0) is 32.3 Å². The largest absolute Gasteiger partial charge is 0.370 e. The highest BCUT2D eigenvalue weighted by Gasteiger charge is 2.32. The quantitative estimate of drug-likeness (QED) is 0.814. The number of fused-ring (bicyclic) bond motifs is 1. The fraction of sp³-hybridized carbons (Fsp3) is 0.478. The van der Waals surface area contributed by atoms with Crippen LogP contribution < -0.4 is 5.32 Å². The Morgan fingerprint density at radius 1 is 1.11 bits per heavy atom. The first-order valence-corrected chi connectivity index (χ1v) is 9.99. The zero-order chi connectivity index (χ0) is 18.9. The monoisotopic (exact) mass is 361 g/mol. The van der Waals surface area contributed by atoms with Crippen molar-refractivity contribution in [1.82, 2.24) is 4.98 Å². The molecule has 0 saturated heterocycles. The van der Waals surface area contributed by atoms with E-state index in [1.807, 2.05) is 18.2 Å². The minimum Gasteiger partial charge on any atom is -0.370 e. The predicted octanol–water partition coefficient (Wildman–Crippen LogP) is 5.22. The summed E-state index contributed by atoms with van der Waals surface area (Å²) in [6.07, 6.45) is 6.83. The molecule has 1 aromatic heterocycles. The number of nitrogens with one attached hydrogen (secondary N) is 1. The topological polar surface area (TPSA) is 57.9 Å². The molecule has 4 heteroatoms. The van der Waals surface area contributed by atoms with E-state index < -0.39 is 0 Å². The fourth-order valence-corrected chi connectivity index (χ4v) is 4.27. The second kappa shape index (κ2) is 7.32. The van der Waals surface area contributed by atoms with Crippen molar-refractivity contribution >= 4 is 5.82 Å². The first-order valence-electron chi connectivity index (χ1n) is 9.99. The van der Waals surface area contributed by atoms with E-state index >= 15 is 0 Å². The second-order valence-electron chi connectivity index (χ2n) is 8.32. The zero-order valence-electron chi connectivity index (χ0n) is 16.2. The summed E-state index contributed by atoms with van der Waals surface area (Å²) in [6.45, 7) is 4.68. The van der Waals surface area contributed by atoms with Crippen molar-refractivity contribution in [3.05, 3.63) is 47.0 Å². The van der Waals surface area contributed by atoms with E-state index in [4.69, 9.17) is 9.72 Å². The van der Waals surface area contributed by atoms with Crippen LogP contribution in [0, 0.1) is 11.3 Å². The van der Waals surface area contributed by atoms with Crippen molar-refractivity contribution in [3.8, 4) is 17.3 Å². The number of pyridine rings is 1. The van der Waals surface area contributed by atoms with Crippen LogP contribution in [0.5, 0.6) is 0 Å². The van der Waals surface area contributed by atoms with Crippen molar-refractivity contribution in [1.29, 1.82) is 5.26 Å². The minimum absolute atomic E-state index is 0.268. The summed E-state index contributed by atoms with van der Waals surface area (Å²) in [4.78, 5) is 4.96. The van der Waals surface area contributed by atoms with E-state index in [-0.39, 0.29) is 5.60 Å². The first kappa shape index (κ1) is 18.0. The molecule has 2 aliphatic rings. The summed E-state index contributed by atoms with van der Waals surface area (Å²) in [5, 5.41) is 13.6. The Morgan fingerprint density at radius 2 is 1.85 bits per heavy atom. The second-order valence-corrected chi connectivity index (χ2v) is 8.32. The molecule has 0 unspecified atom stereocenters. The van der Waals surface area contributed by atoms with Crippen molar-refractivity contribution in [2.75, 3.05) is 5.32 Å². The summed E-state index contributed by atoms with van der Waals surface area (Å²) < 4.78 is 6.07. The summed E-state index contributed by atoms with van der Waals surface area (Å²) >= 11 is 0. The van der Waals surface area contributed by atoms with Crippen LogP contribution in [0.4, 0.5) is 5.82 Å². The molecule has 2 heterocycles. The van der Waals surface area contributed by atoms with Gasteiger partial charge in [-0.15, -0.1) is 0 Å². The maximum absolute atomic E-state index is 9.96. The van der Waals surface area contributed by atoms with Gasteiger partial charge in [0, 0.05) is 23.6 Å². The predicted molar refractivity (Wildman–Crippen MR) is 107 cm³/mol. The van der Waals surface area contributed by atoms with Gasteiger partial charge in [0.15, 0.2) is 0 Å². The molecule has 1 N–H and O–H groups in total. The van der Waals surface area contributed by atoms with Gasteiger partial charge in [0.25, 0.3) is 0 Å². The number of hydrogen-bond donors (Lipinski definition) is 1. The molecule has 2 aromatic rings. The molecule has 1 fully saturated rings. The van der Waals surface area contributed by atoms with E-state index in [0.717, 1.165) is 47.5 Å². The first-order chi connectivity index (χ1) is 13.1. The Kier molecular flexibility index (Phi) is 4.88. The average Bonchev–Trinajstić information content (AvgIpc) is 2.68. The lowest BCUT2D eigenvalue weighted by Gasteiger charge is -2.34. The molecule has 1 aliphatic carbocycles. The molecular formula is C23H27N3O. The van der Waals surface area contributed by atoms with E-state index in [0.29, 0.717) is 18.2 Å². The smallest absolute Gasteiger partial charge is 0.145 e. The summed E-state index contributed by atoms with van der Waals surface area (Å²) in [6, 6.07) is 13.1. The van der Waals surface area contributed by atoms with Crippen LogP contribution in [0.1, 0.15) is 62.6 Å². The molecule has 0 bridgehead atoms. The minimum atomic E-state index is -0.268. The van der Waals surface area contributed by atoms with Gasteiger partial charge in [-0.25, -0.2) is 4.98 Å². The standard InChI is InChI=1S/C23H27N3O/c1-23(2)13-18-19(14-24)22(25-17-11-7-4-8-12-17)26-21(20(18)15-27-23)16-9-5-3-6-10-16/h3,5-6,9-10,17H,4,7-8,11-13,15H2,1-2H3,(H,25,26). The Labute approximate surface area is 161 Å². The third-order valence-corrected chi connectivity index (χ3v) is 5.73. The molecule has 4 nitrogen and oxygen atoms in total. The number of anilines is 1. The van der Waals surface area contributed by atoms with Crippen molar-refractivity contribution < 1.29 is 4.74 Å². The number of benzene rings is 1. The van der Waals surface area contributed by atoms with Crippen LogP contribution in [0.25, 0.3) is 11.3 Å². The number of rotatable bonds is 3. The van der Waals surface area contributed by atoms with Gasteiger partial charge < -0.3 is 10.1 Å². The molecule has 1 aromatic carbocycles. The number of hydrogen-bond acceptors (Lipinski definition) is 4. The highest BCUT2D eigenvalue weighted by Crippen LogP contribution is 2.38. The van der Waals surface area contributed by atoms with Crippen LogP contribution in [-0.4, -0.2) is 16.6 Å². The maximum atomic E-state index is 9.96. The van der Waals surface area contributed by atoms with Crippen molar-refractivity contribution in [2.24, 2.45) is 0 Å². The molecule has 0 amide bonds. The molecular weight excluding hydrogens is 334 g/mol. The van der Waals surface area contributed by atoms with Crippen LogP contribution >= 0.6 is 0 Å². The van der Waals surface area contributed by atoms with Crippen LogP contribution in [-0.2, 0) is 17.8 Å². The Balaban J connectivity index is 1.84. The molecule has 140 valence electrons. The maximum Gasteiger partial charge on any atom is 0.145 e. The highest BCUT2D eigenvalue weighted by atomic mass is 16.5. The van der Waals surface area contributed by atoms with Crippen molar-refractivity contribution in [2.45, 2.75) is 70.6 Å². The van der Waals surface area contributed by atoms with E-state index in [9.17, 15) is 5.26 Å². The van der Waals surface area contributed by atoms with E-state index in [2.05, 4.69) is 37.4 Å². The third kappa shape index (κ3) is 3.70. The van der Waals surface area contributed by atoms with Gasteiger partial charge in [-0.1, -0.05) is 49.6 Å². The SMILES string of the molecule is CC1(C)Cc2c(C#N)c(NC3CCCCC3)nc(-c3ccccc3)c2CO1. The molecule has 0 spiro atoms. The van der Waals surface area contributed by atoms with Gasteiger partial charge in [-0.2, -0.15) is 5.26 Å². The zero-order valence-corrected chi connectivity index (χ0v) is 16.2. The van der Waals surface area contributed by atoms with E-state index in [1.165, 1.54) is 19.3 Å². The lowest BCUT2D eigenvalue weighted by atomic mass is 9.86. The van der Waals surface area contributed by atoms with Crippen molar-refractivity contribution in [3.63, 3.8) is 0 Å². The molecule has 0 radical (unpaired) electrons. The van der Waals surface area contributed by atoms with Gasteiger partial charge in [0.2, 0.25) is 0 Å². The van der Waals surface area contributed by atoms with Gasteiger partial charge in [0.1, 0.15) is 11.9 Å².